The van der Waals surface area contributed by atoms with Crippen LogP contribution in [0.15, 0.2) is 29.1 Å². The maximum Gasteiger partial charge on any atom is 0.281 e. The van der Waals surface area contributed by atoms with Gasteiger partial charge in [0.2, 0.25) is 5.91 Å². The number of methoxy groups -OCH3 is 1. The van der Waals surface area contributed by atoms with Crippen LogP contribution in [0.1, 0.15) is 56.5 Å². The number of nitrogens with zero attached hydrogens (tertiary/aromatic N) is 5. The number of amides is 1. The predicted molar refractivity (Wildman–Crippen MR) is 121 cm³/mol. The molecule has 0 unspecified atom stereocenters. The van der Waals surface area contributed by atoms with E-state index in [-0.39, 0.29) is 34.9 Å². The van der Waals surface area contributed by atoms with E-state index in [1.165, 1.54) is 12.7 Å². The summed E-state index contributed by atoms with van der Waals surface area (Å²) in [6, 6.07) is 8.38. The molecule has 1 aromatic carbocycles. The minimum absolute atomic E-state index is 0.0453. The minimum Gasteiger partial charge on any atom is -0.375 e. The number of hydrogen-bond acceptors (Lipinski definition) is 6. The van der Waals surface area contributed by atoms with Crippen molar-refractivity contribution in [3.8, 4) is 0 Å². The summed E-state index contributed by atoms with van der Waals surface area (Å²) in [7, 11) is 1.51. The van der Waals surface area contributed by atoms with E-state index in [0.717, 1.165) is 18.4 Å². The van der Waals surface area contributed by atoms with Crippen LogP contribution in [0.25, 0.3) is 11.2 Å². The molecular weight excluding hydrogens is 408 g/mol. The quantitative estimate of drug-likeness (QED) is 0.655. The minimum atomic E-state index is -0.306. The molecule has 9 heteroatoms. The standard InChI is InChI=1S/C23H30N6O3/c1-23(2,3)17-9-7-15(8-10-17)12-29-21-19(26-27-29)22(31)25-20(24-21)16-6-5-11-28(13-16)18(30)14-32-4/h7-10,16H,5-6,11-14H2,1-4H3,(H,24,25,31)/t16-/m1/s1. The normalized spacial score (nSPS) is 17.1. The van der Waals surface area contributed by atoms with Gasteiger partial charge in [-0.1, -0.05) is 50.3 Å². The molecule has 0 aliphatic carbocycles. The molecule has 0 radical (unpaired) electrons. The summed E-state index contributed by atoms with van der Waals surface area (Å²) in [5, 5.41) is 8.23. The number of aromatic nitrogens is 5. The smallest absolute Gasteiger partial charge is 0.281 e. The lowest BCUT2D eigenvalue weighted by molar-refractivity contribution is -0.136. The van der Waals surface area contributed by atoms with Crippen molar-refractivity contribution < 1.29 is 9.53 Å². The molecule has 170 valence electrons. The average Bonchev–Trinajstić information content (AvgIpc) is 3.17. The average molecular weight is 439 g/mol. The van der Waals surface area contributed by atoms with E-state index >= 15 is 0 Å². The number of carbonyl (C=O) groups is 1. The third kappa shape index (κ3) is 4.57. The molecule has 32 heavy (non-hydrogen) atoms. The van der Waals surface area contributed by atoms with Crippen molar-refractivity contribution in [3.05, 3.63) is 51.6 Å². The second-order valence-electron chi connectivity index (χ2n) is 9.43. The van der Waals surface area contributed by atoms with E-state index in [1.807, 2.05) is 0 Å². The van der Waals surface area contributed by atoms with Crippen LogP contribution in [0, 0.1) is 0 Å². The number of nitrogens with one attached hydrogen (secondary N) is 1. The van der Waals surface area contributed by atoms with Crippen LogP contribution in [-0.4, -0.2) is 62.6 Å². The molecule has 0 saturated carbocycles. The van der Waals surface area contributed by atoms with Crippen LogP contribution < -0.4 is 5.56 Å². The zero-order valence-corrected chi connectivity index (χ0v) is 19.1. The van der Waals surface area contributed by atoms with Gasteiger partial charge in [-0.2, -0.15) is 0 Å². The highest BCUT2D eigenvalue weighted by Crippen LogP contribution is 2.25. The van der Waals surface area contributed by atoms with Crippen molar-refractivity contribution in [2.75, 3.05) is 26.8 Å². The fourth-order valence-electron chi connectivity index (χ4n) is 4.11. The lowest BCUT2D eigenvalue weighted by atomic mass is 9.87. The van der Waals surface area contributed by atoms with Gasteiger partial charge < -0.3 is 14.6 Å². The Bertz CT molecular complexity index is 1160. The van der Waals surface area contributed by atoms with Crippen molar-refractivity contribution >= 4 is 17.1 Å². The summed E-state index contributed by atoms with van der Waals surface area (Å²) >= 11 is 0. The highest BCUT2D eigenvalue weighted by Gasteiger charge is 2.27. The number of likely N-dealkylation sites (tertiary alicyclic amines) is 1. The van der Waals surface area contributed by atoms with Crippen LogP contribution >= 0.6 is 0 Å². The van der Waals surface area contributed by atoms with Gasteiger partial charge in [0.15, 0.2) is 11.2 Å². The van der Waals surface area contributed by atoms with Crippen LogP contribution in [0.4, 0.5) is 0 Å². The van der Waals surface area contributed by atoms with Gasteiger partial charge in [-0.05, 0) is 29.4 Å². The van der Waals surface area contributed by atoms with Crippen LogP contribution in [-0.2, 0) is 21.5 Å². The molecule has 1 amide bonds. The summed E-state index contributed by atoms with van der Waals surface area (Å²) in [6.45, 7) is 8.27. The number of aromatic amines is 1. The zero-order chi connectivity index (χ0) is 22.9. The largest absolute Gasteiger partial charge is 0.375 e. The molecule has 0 bridgehead atoms. The van der Waals surface area contributed by atoms with E-state index in [9.17, 15) is 9.59 Å². The summed E-state index contributed by atoms with van der Waals surface area (Å²) < 4.78 is 6.64. The van der Waals surface area contributed by atoms with Crippen molar-refractivity contribution in [2.45, 2.75) is 51.5 Å². The van der Waals surface area contributed by atoms with Crippen molar-refractivity contribution in [1.29, 1.82) is 0 Å². The van der Waals surface area contributed by atoms with Gasteiger partial charge in [0.1, 0.15) is 12.4 Å². The molecule has 2 aromatic heterocycles. The van der Waals surface area contributed by atoms with Crippen LogP contribution in [0.2, 0.25) is 0 Å². The Balaban J connectivity index is 1.60. The first kappa shape index (κ1) is 22.1. The first-order valence-corrected chi connectivity index (χ1v) is 11.0. The van der Waals surface area contributed by atoms with Gasteiger partial charge in [0.25, 0.3) is 5.56 Å². The molecule has 1 saturated heterocycles. The predicted octanol–water partition coefficient (Wildman–Crippen LogP) is 2.21. The lowest BCUT2D eigenvalue weighted by Gasteiger charge is -2.32. The maximum atomic E-state index is 12.7. The first-order chi connectivity index (χ1) is 15.3. The molecule has 1 fully saturated rings. The monoisotopic (exact) mass is 438 g/mol. The summed E-state index contributed by atoms with van der Waals surface area (Å²) in [5.74, 6) is 0.478. The number of ether oxygens (including phenoxy) is 1. The summed E-state index contributed by atoms with van der Waals surface area (Å²) in [4.78, 5) is 34.3. The second-order valence-corrected chi connectivity index (χ2v) is 9.43. The van der Waals surface area contributed by atoms with Gasteiger partial charge in [-0.15, -0.1) is 5.10 Å². The Morgan fingerprint density at radius 1 is 1.25 bits per heavy atom. The molecule has 1 atom stereocenters. The highest BCUT2D eigenvalue weighted by molar-refractivity contribution is 5.77. The van der Waals surface area contributed by atoms with Crippen molar-refractivity contribution in [2.24, 2.45) is 0 Å². The fourth-order valence-corrected chi connectivity index (χ4v) is 4.11. The Labute approximate surface area is 186 Å². The van der Waals surface area contributed by atoms with E-state index in [0.29, 0.717) is 31.1 Å². The van der Waals surface area contributed by atoms with Crippen LogP contribution in [0.3, 0.4) is 0 Å². The molecule has 9 nitrogen and oxygen atoms in total. The number of H-pyrrole nitrogens is 1. The highest BCUT2D eigenvalue weighted by atomic mass is 16.5. The topological polar surface area (TPSA) is 106 Å². The lowest BCUT2D eigenvalue weighted by Crippen LogP contribution is -2.41. The van der Waals surface area contributed by atoms with Crippen LogP contribution in [0.5, 0.6) is 0 Å². The van der Waals surface area contributed by atoms with E-state index in [4.69, 9.17) is 9.72 Å². The zero-order valence-electron chi connectivity index (χ0n) is 19.1. The summed E-state index contributed by atoms with van der Waals surface area (Å²) in [5.41, 5.74) is 2.78. The van der Waals surface area contributed by atoms with Gasteiger partial charge in [-0.3, -0.25) is 9.59 Å². The Hall–Kier alpha value is -3.07. The summed E-state index contributed by atoms with van der Waals surface area (Å²) in [6.07, 6.45) is 1.69. The fraction of sp³-hybridized carbons (Fsp3) is 0.522. The number of benzene rings is 1. The number of carbonyl (C=O) groups excluding carboxylic acids is 1. The van der Waals surface area contributed by atoms with E-state index in [2.05, 4.69) is 60.3 Å². The van der Waals surface area contributed by atoms with E-state index in [1.54, 1.807) is 9.58 Å². The molecule has 1 aliphatic rings. The van der Waals surface area contributed by atoms with E-state index < -0.39 is 0 Å². The molecule has 3 heterocycles. The van der Waals surface area contributed by atoms with Crippen molar-refractivity contribution in [3.63, 3.8) is 0 Å². The first-order valence-electron chi connectivity index (χ1n) is 11.0. The molecule has 0 spiro atoms. The number of piperidine rings is 1. The number of rotatable bonds is 5. The molecule has 4 rings (SSSR count). The van der Waals surface area contributed by atoms with Gasteiger partial charge >= 0.3 is 0 Å². The second kappa shape index (κ2) is 8.82. The Morgan fingerprint density at radius 2 is 2.00 bits per heavy atom. The maximum absolute atomic E-state index is 12.7. The SMILES string of the molecule is COCC(=O)N1CCC[C@@H](c2nc3c(nnn3Cc3ccc(C(C)(C)C)cc3)c(=O)[nH]2)C1. The molecule has 1 N–H and O–H groups in total. The third-order valence-corrected chi connectivity index (χ3v) is 5.97. The van der Waals surface area contributed by atoms with Gasteiger partial charge in [0.05, 0.1) is 6.54 Å². The third-order valence-electron chi connectivity index (χ3n) is 5.97. The number of fused-ring (bicyclic) bond motifs is 1. The van der Waals surface area contributed by atoms with Gasteiger partial charge in [0, 0.05) is 26.1 Å². The molecule has 3 aromatic rings. The van der Waals surface area contributed by atoms with Crippen molar-refractivity contribution in [1.82, 2.24) is 29.9 Å². The number of hydrogen-bond donors (Lipinski definition) is 1. The Kier molecular flexibility index (Phi) is 6.10. The Morgan fingerprint density at radius 3 is 2.69 bits per heavy atom. The van der Waals surface area contributed by atoms with Gasteiger partial charge in [-0.25, -0.2) is 9.67 Å². The molecule has 1 aliphatic heterocycles. The molecular formula is C23H30N6O3.